The number of nitrogens with zero attached hydrogens (tertiary/aromatic N) is 2. The second-order valence-electron chi connectivity index (χ2n) is 11.6. The smallest absolute Gasteiger partial charge is 0.137 e. The average Bonchev–Trinajstić information content (AvgIpc) is 3.16. The van der Waals surface area contributed by atoms with E-state index in [0.717, 1.165) is 44.5 Å². The molecule has 0 fully saturated rings. The standard InChI is InChI=1S/C44H33N3/c1-46(42-18-8-11-33(29-42)32-45)40-25-21-36(22-26-40)37-23-27-41(28-24-37)47(43-19-9-16-38(30-43)34-12-4-2-5-13-34)44-20-10-17-39(31-44)35-14-6-3-7-15-35/h2-31H,1H3/p+1. The Kier molecular flexibility index (Phi) is 8.42. The van der Waals surface area contributed by atoms with E-state index in [1.165, 1.54) is 22.3 Å². The van der Waals surface area contributed by atoms with Crippen LogP contribution in [0.2, 0.25) is 0 Å². The summed E-state index contributed by atoms with van der Waals surface area (Å²) in [4.78, 5) is 3.48. The van der Waals surface area contributed by atoms with Crippen molar-refractivity contribution < 1.29 is 4.90 Å². The molecule has 7 rings (SSSR count). The van der Waals surface area contributed by atoms with Gasteiger partial charge in [-0.2, -0.15) is 5.26 Å². The van der Waals surface area contributed by atoms with Crippen molar-refractivity contribution in [3.8, 4) is 39.4 Å². The van der Waals surface area contributed by atoms with Crippen LogP contribution in [-0.4, -0.2) is 7.05 Å². The van der Waals surface area contributed by atoms with Crippen molar-refractivity contribution in [2.24, 2.45) is 0 Å². The van der Waals surface area contributed by atoms with Gasteiger partial charge in [-0.15, -0.1) is 0 Å². The lowest BCUT2D eigenvalue weighted by molar-refractivity contribution is -0.735. The summed E-state index contributed by atoms with van der Waals surface area (Å²) in [6.07, 6.45) is 0. The summed E-state index contributed by atoms with van der Waals surface area (Å²) in [5.74, 6) is 0. The first kappa shape index (κ1) is 29.5. The van der Waals surface area contributed by atoms with E-state index in [1.807, 2.05) is 18.2 Å². The first-order chi connectivity index (χ1) is 23.2. The third-order valence-electron chi connectivity index (χ3n) is 8.62. The lowest BCUT2D eigenvalue weighted by Crippen LogP contribution is -2.98. The maximum Gasteiger partial charge on any atom is 0.137 e. The van der Waals surface area contributed by atoms with Crippen LogP contribution in [0, 0.1) is 11.3 Å². The second-order valence-corrected chi connectivity index (χ2v) is 11.6. The Morgan fingerprint density at radius 2 is 0.872 bits per heavy atom. The van der Waals surface area contributed by atoms with Crippen LogP contribution in [0.4, 0.5) is 28.4 Å². The summed E-state index contributed by atoms with van der Waals surface area (Å²) in [6, 6.07) is 66.1. The zero-order valence-corrected chi connectivity index (χ0v) is 26.2. The number of anilines is 3. The number of rotatable bonds is 8. The molecule has 0 radical (unpaired) electrons. The summed E-state index contributed by atoms with van der Waals surface area (Å²) in [7, 11) is 2.11. The molecule has 1 atom stereocenters. The Balaban J connectivity index is 1.23. The number of hydrogen-bond donors (Lipinski definition) is 1. The lowest BCUT2D eigenvalue weighted by atomic mass is 10.0. The topological polar surface area (TPSA) is 31.5 Å². The highest BCUT2D eigenvalue weighted by atomic mass is 15.1. The Hall–Kier alpha value is -6.21. The largest absolute Gasteiger partial charge is 0.310 e. The van der Waals surface area contributed by atoms with E-state index in [-0.39, 0.29) is 0 Å². The normalized spacial score (nSPS) is 11.4. The van der Waals surface area contributed by atoms with Crippen molar-refractivity contribution in [1.29, 1.82) is 5.26 Å². The highest BCUT2D eigenvalue weighted by molar-refractivity contribution is 5.83. The number of hydrogen-bond acceptors (Lipinski definition) is 2. The molecule has 0 aliphatic carbocycles. The molecule has 47 heavy (non-hydrogen) atoms. The van der Waals surface area contributed by atoms with Crippen molar-refractivity contribution in [2.45, 2.75) is 0 Å². The molecule has 7 aromatic carbocycles. The van der Waals surface area contributed by atoms with Crippen LogP contribution in [0.3, 0.4) is 0 Å². The van der Waals surface area contributed by atoms with Crippen molar-refractivity contribution >= 4 is 28.4 Å². The van der Waals surface area contributed by atoms with Crippen molar-refractivity contribution in [1.82, 2.24) is 0 Å². The molecule has 0 aliphatic heterocycles. The minimum absolute atomic E-state index is 0.672. The van der Waals surface area contributed by atoms with Gasteiger partial charge in [0, 0.05) is 35.3 Å². The summed E-state index contributed by atoms with van der Waals surface area (Å²) in [5.41, 5.74) is 13.2. The van der Waals surface area contributed by atoms with E-state index in [9.17, 15) is 5.26 Å². The molecule has 1 unspecified atom stereocenters. The summed E-state index contributed by atoms with van der Waals surface area (Å²) >= 11 is 0. The first-order valence-electron chi connectivity index (χ1n) is 15.8. The van der Waals surface area contributed by atoms with Gasteiger partial charge in [0.05, 0.1) is 18.7 Å². The molecule has 0 amide bonds. The maximum atomic E-state index is 9.32. The molecule has 3 heteroatoms. The molecule has 0 bridgehead atoms. The van der Waals surface area contributed by atoms with Gasteiger partial charge in [-0.05, 0) is 94.0 Å². The predicted molar refractivity (Wildman–Crippen MR) is 195 cm³/mol. The average molecular weight is 605 g/mol. The number of benzene rings is 7. The molecule has 0 saturated heterocycles. The molecule has 7 aromatic rings. The van der Waals surface area contributed by atoms with Crippen LogP contribution in [0.5, 0.6) is 0 Å². The third-order valence-corrected chi connectivity index (χ3v) is 8.62. The van der Waals surface area contributed by atoms with Crippen LogP contribution in [0.25, 0.3) is 33.4 Å². The van der Waals surface area contributed by atoms with E-state index in [1.54, 1.807) is 0 Å². The van der Waals surface area contributed by atoms with E-state index in [0.29, 0.717) is 5.56 Å². The summed E-state index contributed by atoms with van der Waals surface area (Å²) < 4.78 is 0. The molecule has 224 valence electrons. The van der Waals surface area contributed by atoms with Crippen molar-refractivity contribution in [3.05, 3.63) is 188 Å². The molecule has 0 aromatic heterocycles. The van der Waals surface area contributed by atoms with Gasteiger partial charge in [-0.1, -0.05) is 103 Å². The van der Waals surface area contributed by atoms with E-state index in [2.05, 4.69) is 182 Å². The molecule has 0 aliphatic rings. The zero-order valence-electron chi connectivity index (χ0n) is 26.2. The van der Waals surface area contributed by atoms with Gasteiger partial charge in [0.15, 0.2) is 0 Å². The van der Waals surface area contributed by atoms with Gasteiger partial charge in [0.1, 0.15) is 11.4 Å². The lowest BCUT2D eigenvalue weighted by Gasteiger charge is -2.27. The van der Waals surface area contributed by atoms with E-state index >= 15 is 0 Å². The van der Waals surface area contributed by atoms with E-state index < -0.39 is 0 Å². The van der Waals surface area contributed by atoms with Crippen LogP contribution >= 0.6 is 0 Å². The number of nitrogens with one attached hydrogen (secondary N) is 1. The van der Waals surface area contributed by atoms with Gasteiger partial charge < -0.3 is 4.90 Å². The fraction of sp³-hybridized carbons (Fsp3) is 0.0227. The van der Waals surface area contributed by atoms with Crippen LogP contribution in [0.1, 0.15) is 5.56 Å². The van der Waals surface area contributed by atoms with E-state index in [4.69, 9.17) is 0 Å². The molecular weight excluding hydrogens is 571 g/mol. The quantitative estimate of drug-likeness (QED) is 0.187. The number of quaternary nitrogens is 1. The highest BCUT2D eigenvalue weighted by Crippen LogP contribution is 2.39. The molecule has 0 saturated carbocycles. The third kappa shape index (κ3) is 6.46. The van der Waals surface area contributed by atoms with Gasteiger partial charge in [-0.25, -0.2) is 0 Å². The Bertz CT molecular complexity index is 2060. The molecule has 3 nitrogen and oxygen atoms in total. The molecule has 0 spiro atoms. The predicted octanol–water partition coefficient (Wildman–Crippen LogP) is 10.5. The fourth-order valence-corrected chi connectivity index (χ4v) is 6.06. The van der Waals surface area contributed by atoms with Crippen molar-refractivity contribution in [2.75, 3.05) is 11.9 Å². The zero-order chi connectivity index (χ0) is 32.0. The maximum absolute atomic E-state index is 9.32. The first-order valence-corrected chi connectivity index (χ1v) is 15.8. The Morgan fingerprint density at radius 1 is 0.404 bits per heavy atom. The summed E-state index contributed by atoms with van der Waals surface area (Å²) in [5, 5.41) is 9.32. The Labute approximate surface area is 276 Å². The van der Waals surface area contributed by atoms with Gasteiger partial charge in [-0.3, -0.25) is 4.90 Å². The SMILES string of the molecule is C[NH+](c1ccc(-c2ccc(N(c3cccc(-c4ccccc4)c3)c3cccc(-c4ccccc4)c3)cc2)cc1)c1cccc(C#N)c1. The Morgan fingerprint density at radius 3 is 1.40 bits per heavy atom. The van der Waals surface area contributed by atoms with Crippen LogP contribution in [0.15, 0.2) is 182 Å². The summed E-state index contributed by atoms with van der Waals surface area (Å²) in [6.45, 7) is 0. The second kappa shape index (κ2) is 13.4. The minimum atomic E-state index is 0.672. The molecule has 1 N–H and O–H groups in total. The highest BCUT2D eigenvalue weighted by Gasteiger charge is 2.16. The van der Waals surface area contributed by atoms with Gasteiger partial charge in [0.25, 0.3) is 0 Å². The van der Waals surface area contributed by atoms with Gasteiger partial charge >= 0.3 is 0 Å². The van der Waals surface area contributed by atoms with Crippen LogP contribution in [-0.2, 0) is 0 Å². The van der Waals surface area contributed by atoms with Crippen molar-refractivity contribution in [3.63, 3.8) is 0 Å². The fourth-order valence-electron chi connectivity index (χ4n) is 6.06. The molecular formula is C44H34N3+. The minimum Gasteiger partial charge on any atom is -0.310 e. The number of nitriles is 1. The van der Waals surface area contributed by atoms with Gasteiger partial charge in [0.2, 0.25) is 0 Å². The monoisotopic (exact) mass is 604 g/mol. The molecule has 0 heterocycles. The van der Waals surface area contributed by atoms with Crippen LogP contribution < -0.4 is 9.80 Å².